The maximum Gasteiger partial charge on any atom is 0.211 e. The molecule has 7 heteroatoms. The van der Waals surface area contributed by atoms with Gasteiger partial charge in [-0.15, -0.1) is 0 Å². The molecule has 0 aromatic heterocycles. The van der Waals surface area contributed by atoms with Gasteiger partial charge in [0.2, 0.25) is 10.0 Å². The van der Waals surface area contributed by atoms with E-state index in [4.69, 9.17) is 0 Å². The molecule has 0 saturated carbocycles. The highest BCUT2D eigenvalue weighted by atomic mass is 32.2. The van der Waals surface area contributed by atoms with Crippen LogP contribution in [0.3, 0.4) is 0 Å². The molecule has 158 valence electrons. The Morgan fingerprint density at radius 1 is 1.29 bits per heavy atom. The molecule has 1 heterocycles. The Hall–Kier alpha value is -1.60. The summed E-state index contributed by atoms with van der Waals surface area (Å²) in [7, 11) is -1.30. The average molecular weight is 409 g/mol. The summed E-state index contributed by atoms with van der Waals surface area (Å²) in [5.74, 6) is 2.14. The minimum Gasteiger partial charge on any atom is -0.356 e. The van der Waals surface area contributed by atoms with Gasteiger partial charge in [0.1, 0.15) is 0 Å². The van der Waals surface area contributed by atoms with Gasteiger partial charge in [0.05, 0.1) is 6.26 Å². The van der Waals surface area contributed by atoms with E-state index >= 15 is 0 Å². The molecule has 1 saturated heterocycles. The van der Waals surface area contributed by atoms with E-state index in [1.54, 1.807) is 0 Å². The number of hydrogen-bond donors (Lipinski definition) is 1. The highest BCUT2D eigenvalue weighted by Gasteiger charge is 2.30. The molecule has 0 bridgehead atoms. The fraction of sp³-hybridized carbons (Fsp3) is 0.667. The Morgan fingerprint density at radius 3 is 2.57 bits per heavy atom. The number of benzene rings is 1. The molecule has 0 spiro atoms. The molecule has 1 aromatic carbocycles. The molecular weight excluding hydrogens is 372 g/mol. The molecule has 1 aliphatic rings. The second kappa shape index (κ2) is 10.8. The number of nitrogens with one attached hydrogen (secondary N) is 1. The molecule has 1 aromatic rings. The molecule has 2 atom stereocenters. The van der Waals surface area contributed by atoms with Crippen molar-refractivity contribution in [3.8, 4) is 0 Å². The Balaban J connectivity index is 1.88. The van der Waals surface area contributed by atoms with Crippen molar-refractivity contribution in [2.75, 3.05) is 46.0 Å². The number of piperidine rings is 1. The summed E-state index contributed by atoms with van der Waals surface area (Å²) in [5, 5.41) is 3.42. The minimum absolute atomic E-state index is 0.513. The van der Waals surface area contributed by atoms with Gasteiger partial charge in [-0.3, -0.25) is 4.99 Å². The largest absolute Gasteiger partial charge is 0.356 e. The molecule has 0 radical (unpaired) electrons. The summed E-state index contributed by atoms with van der Waals surface area (Å²) in [6.45, 7) is 7.89. The van der Waals surface area contributed by atoms with E-state index in [1.807, 2.05) is 14.0 Å². The number of hydrogen-bond acceptors (Lipinski definition) is 3. The van der Waals surface area contributed by atoms with Crippen molar-refractivity contribution in [1.82, 2.24) is 14.5 Å². The zero-order valence-electron chi connectivity index (χ0n) is 17.8. The lowest BCUT2D eigenvalue weighted by Crippen LogP contribution is -2.48. The van der Waals surface area contributed by atoms with Crippen molar-refractivity contribution in [1.29, 1.82) is 0 Å². The minimum atomic E-state index is -3.12. The van der Waals surface area contributed by atoms with Crippen molar-refractivity contribution in [3.05, 3.63) is 35.9 Å². The molecule has 2 unspecified atom stereocenters. The number of nitrogens with zero attached hydrogens (tertiary/aromatic N) is 3. The van der Waals surface area contributed by atoms with Crippen molar-refractivity contribution in [3.63, 3.8) is 0 Å². The smallest absolute Gasteiger partial charge is 0.211 e. The van der Waals surface area contributed by atoms with E-state index < -0.39 is 10.0 Å². The fourth-order valence-electron chi connectivity index (χ4n) is 4.12. The van der Waals surface area contributed by atoms with Crippen LogP contribution in [0.15, 0.2) is 35.3 Å². The van der Waals surface area contributed by atoms with Gasteiger partial charge in [0.25, 0.3) is 0 Å². The van der Waals surface area contributed by atoms with Gasteiger partial charge in [0.15, 0.2) is 5.96 Å². The number of rotatable bonds is 8. The van der Waals surface area contributed by atoms with E-state index in [-0.39, 0.29) is 0 Å². The first-order valence-electron chi connectivity index (χ1n) is 10.4. The third kappa shape index (κ3) is 6.21. The van der Waals surface area contributed by atoms with Crippen LogP contribution >= 0.6 is 0 Å². The first-order chi connectivity index (χ1) is 13.4. The maximum absolute atomic E-state index is 11.7. The molecule has 2 rings (SSSR count). The van der Waals surface area contributed by atoms with Gasteiger partial charge < -0.3 is 10.2 Å². The van der Waals surface area contributed by atoms with E-state index in [0.717, 1.165) is 38.3 Å². The SMILES string of the molecule is CCC1CN(C(=NC)NCCCN(CC)S(C)(=O)=O)CCC1c1ccccc1. The van der Waals surface area contributed by atoms with Gasteiger partial charge in [0, 0.05) is 39.8 Å². The number of sulfonamides is 1. The predicted octanol–water partition coefficient (Wildman–Crippen LogP) is 2.75. The molecular formula is C21H36N4O2S. The zero-order valence-corrected chi connectivity index (χ0v) is 18.6. The highest BCUT2D eigenvalue weighted by Crippen LogP contribution is 2.34. The van der Waals surface area contributed by atoms with Crippen LogP contribution in [0.5, 0.6) is 0 Å². The van der Waals surface area contributed by atoms with E-state index in [0.29, 0.717) is 31.5 Å². The normalized spacial score (nSPS) is 21.2. The standard InChI is InChI=1S/C21H36N4O2S/c1-5-18-17-24(16-13-20(18)19-11-8-7-9-12-19)21(22-3)23-14-10-15-25(6-2)28(4,26)27/h7-9,11-12,18,20H,5-6,10,13-17H2,1-4H3,(H,22,23). The second-order valence-electron chi connectivity index (χ2n) is 7.50. The zero-order chi connectivity index (χ0) is 20.6. The number of aliphatic imine (C=N–C) groups is 1. The van der Waals surface area contributed by atoms with Gasteiger partial charge in [-0.2, -0.15) is 0 Å². The van der Waals surface area contributed by atoms with Gasteiger partial charge in [-0.1, -0.05) is 50.6 Å². The molecule has 0 amide bonds. The third-order valence-corrected chi connectivity index (χ3v) is 7.07. The first kappa shape index (κ1) is 22.7. The van der Waals surface area contributed by atoms with E-state index in [9.17, 15) is 8.42 Å². The van der Waals surface area contributed by atoms with Gasteiger partial charge in [-0.25, -0.2) is 12.7 Å². The lowest BCUT2D eigenvalue weighted by atomic mass is 9.79. The molecule has 1 fully saturated rings. The van der Waals surface area contributed by atoms with Crippen LogP contribution in [0, 0.1) is 5.92 Å². The van der Waals surface area contributed by atoms with Crippen LogP contribution in [-0.2, 0) is 10.0 Å². The van der Waals surface area contributed by atoms with Crippen molar-refractivity contribution >= 4 is 16.0 Å². The van der Waals surface area contributed by atoms with Crippen LogP contribution < -0.4 is 5.32 Å². The second-order valence-corrected chi connectivity index (χ2v) is 9.48. The van der Waals surface area contributed by atoms with Crippen LogP contribution in [0.2, 0.25) is 0 Å². The third-order valence-electron chi connectivity index (χ3n) is 5.69. The highest BCUT2D eigenvalue weighted by molar-refractivity contribution is 7.88. The summed E-state index contributed by atoms with van der Waals surface area (Å²) in [6.07, 6.45) is 4.30. The van der Waals surface area contributed by atoms with Crippen LogP contribution in [0.4, 0.5) is 0 Å². The van der Waals surface area contributed by atoms with Crippen LogP contribution in [-0.4, -0.2) is 69.6 Å². The van der Waals surface area contributed by atoms with Gasteiger partial charge >= 0.3 is 0 Å². The van der Waals surface area contributed by atoms with E-state index in [1.165, 1.54) is 16.1 Å². The predicted molar refractivity (Wildman–Crippen MR) is 117 cm³/mol. The summed E-state index contributed by atoms with van der Waals surface area (Å²) >= 11 is 0. The Bertz CT molecular complexity index is 721. The molecule has 1 N–H and O–H groups in total. The van der Waals surface area contributed by atoms with Crippen molar-refractivity contribution < 1.29 is 8.42 Å². The fourth-order valence-corrected chi connectivity index (χ4v) is 5.05. The summed E-state index contributed by atoms with van der Waals surface area (Å²) in [6, 6.07) is 10.8. The van der Waals surface area contributed by atoms with E-state index in [2.05, 4.69) is 52.5 Å². The monoisotopic (exact) mass is 408 g/mol. The van der Waals surface area contributed by atoms with Crippen molar-refractivity contribution in [2.24, 2.45) is 10.9 Å². The lowest BCUT2D eigenvalue weighted by molar-refractivity contribution is 0.215. The Morgan fingerprint density at radius 2 is 2.00 bits per heavy atom. The Labute approximate surface area is 171 Å². The molecule has 6 nitrogen and oxygen atoms in total. The quantitative estimate of drug-likeness (QED) is 0.408. The average Bonchev–Trinajstić information content (AvgIpc) is 2.70. The number of likely N-dealkylation sites (tertiary alicyclic amines) is 1. The summed E-state index contributed by atoms with van der Waals surface area (Å²) < 4.78 is 24.9. The summed E-state index contributed by atoms with van der Waals surface area (Å²) in [5.41, 5.74) is 1.44. The molecule has 28 heavy (non-hydrogen) atoms. The van der Waals surface area contributed by atoms with Crippen molar-refractivity contribution in [2.45, 2.75) is 39.0 Å². The Kier molecular flexibility index (Phi) is 8.76. The first-order valence-corrected chi connectivity index (χ1v) is 12.2. The van der Waals surface area contributed by atoms with Gasteiger partial charge in [-0.05, 0) is 30.2 Å². The maximum atomic E-state index is 11.7. The number of guanidine groups is 1. The van der Waals surface area contributed by atoms with Crippen LogP contribution in [0.25, 0.3) is 0 Å². The topological polar surface area (TPSA) is 65.0 Å². The lowest BCUT2D eigenvalue weighted by Gasteiger charge is -2.40. The summed E-state index contributed by atoms with van der Waals surface area (Å²) in [4.78, 5) is 6.81. The molecule has 0 aliphatic carbocycles. The molecule has 1 aliphatic heterocycles. The van der Waals surface area contributed by atoms with Crippen LogP contribution in [0.1, 0.15) is 44.6 Å².